The third kappa shape index (κ3) is 8.02. The number of benzene rings is 3. The Morgan fingerprint density at radius 2 is 1.74 bits per heavy atom. The summed E-state index contributed by atoms with van der Waals surface area (Å²) in [5.74, 6) is -0.0983. The first-order valence-corrected chi connectivity index (χ1v) is 18.1. The van der Waals surface area contributed by atoms with E-state index in [1.807, 2.05) is 48.5 Å². The fourth-order valence-electron chi connectivity index (χ4n) is 4.48. The SMILES string of the molecule is CI(C)N1CCCC(OC(=O)Nc2cc(CCC(=O)Nc3ccc(CO)cc3)ccc2-c2ccccc2)C1. The molecule has 4 rings (SSSR count). The molecule has 0 saturated carbocycles. The van der Waals surface area contributed by atoms with Crippen LogP contribution in [0.15, 0.2) is 72.8 Å². The van der Waals surface area contributed by atoms with Gasteiger partial charge in [-0.25, -0.2) is 0 Å². The fraction of sp³-hybridized carbons (Fsp3) is 0.333. The number of nitrogens with one attached hydrogen (secondary N) is 2. The van der Waals surface area contributed by atoms with E-state index in [2.05, 4.69) is 23.6 Å². The molecule has 2 amide bonds. The standard InChI is InChI=1S/C30H36IN3O4/c1-31(2)34-18-6-9-26(20-34)38-30(37)33-28-19-22(12-16-27(28)24-7-4-3-5-8-24)13-17-29(36)32-25-14-10-23(21-35)11-15-25/h3-5,7-8,10-12,14-16,19,26,35H,6,9,13,17-18,20-21H2,1-2H3,(H,32,36)(H,33,37). The summed E-state index contributed by atoms with van der Waals surface area (Å²) < 4.78 is 8.33. The Labute approximate surface area is 232 Å². The zero-order chi connectivity index (χ0) is 26.9. The first-order chi connectivity index (χ1) is 18.4. The molecule has 0 radical (unpaired) electrons. The van der Waals surface area contributed by atoms with Crippen LogP contribution < -0.4 is 10.6 Å². The molecule has 0 bridgehead atoms. The van der Waals surface area contributed by atoms with Gasteiger partial charge in [-0.3, -0.25) is 4.79 Å². The van der Waals surface area contributed by atoms with Gasteiger partial charge in [0.2, 0.25) is 0 Å². The van der Waals surface area contributed by atoms with Gasteiger partial charge in [-0.05, 0) is 17.7 Å². The van der Waals surface area contributed by atoms with Crippen molar-refractivity contribution < 1.29 is 19.4 Å². The van der Waals surface area contributed by atoms with Gasteiger partial charge in [0.25, 0.3) is 0 Å². The van der Waals surface area contributed by atoms with Crippen molar-refractivity contribution in [3.05, 3.63) is 83.9 Å². The van der Waals surface area contributed by atoms with Gasteiger partial charge in [-0.15, -0.1) is 0 Å². The van der Waals surface area contributed by atoms with Crippen molar-refractivity contribution in [3.8, 4) is 11.1 Å². The number of anilines is 2. The van der Waals surface area contributed by atoms with E-state index in [9.17, 15) is 14.7 Å². The molecule has 1 aliphatic heterocycles. The number of rotatable bonds is 9. The maximum atomic E-state index is 12.9. The Morgan fingerprint density at radius 3 is 2.45 bits per heavy atom. The minimum absolute atomic E-state index is 0.0318. The van der Waals surface area contributed by atoms with Crippen molar-refractivity contribution in [2.75, 3.05) is 33.6 Å². The van der Waals surface area contributed by atoms with Crippen LogP contribution in [0.4, 0.5) is 16.2 Å². The summed E-state index contributed by atoms with van der Waals surface area (Å²) in [6.07, 6.45) is 2.22. The minimum atomic E-state index is -1.10. The molecular formula is C30H36IN3O4. The molecule has 1 unspecified atom stereocenters. The average molecular weight is 630 g/mol. The summed E-state index contributed by atoms with van der Waals surface area (Å²) in [7, 11) is 0. The van der Waals surface area contributed by atoms with E-state index >= 15 is 0 Å². The Bertz CT molecular complexity index is 1220. The molecular weight excluding hydrogens is 593 g/mol. The quantitative estimate of drug-likeness (QED) is 0.151. The second-order valence-corrected chi connectivity index (χ2v) is 15.0. The number of carbonyl (C=O) groups is 2. The molecule has 0 spiro atoms. The number of aliphatic hydroxyl groups is 1. The number of piperidine rings is 1. The van der Waals surface area contributed by atoms with E-state index in [4.69, 9.17) is 4.74 Å². The Morgan fingerprint density at radius 1 is 1.00 bits per heavy atom. The van der Waals surface area contributed by atoms with E-state index < -0.39 is 26.2 Å². The van der Waals surface area contributed by atoms with Crippen LogP contribution in [0.25, 0.3) is 11.1 Å². The van der Waals surface area contributed by atoms with Crippen LogP contribution in [0.5, 0.6) is 0 Å². The van der Waals surface area contributed by atoms with E-state index in [1.165, 1.54) is 0 Å². The van der Waals surface area contributed by atoms with Crippen LogP contribution in [0, 0.1) is 0 Å². The van der Waals surface area contributed by atoms with Crippen molar-refractivity contribution in [2.45, 2.75) is 38.4 Å². The van der Waals surface area contributed by atoms with Crippen molar-refractivity contribution in [3.63, 3.8) is 0 Å². The van der Waals surface area contributed by atoms with E-state index in [0.29, 0.717) is 24.2 Å². The Hall–Kier alpha value is -2.95. The molecule has 3 aromatic rings. The molecule has 1 fully saturated rings. The van der Waals surface area contributed by atoms with Gasteiger partial charge >= 0.3 is 176 Å². The number of hydrogen-bond donors (Lipinski definition) is 3. The summed E-state index contributed by atoms with van der Waals surface area (Å²) in [5, 5.41) is 15.1. The van der Waals surface area contributed by atoms with Crippen LogP contribution in [0.2, 0.25) is 0 Å². The predicted octanol–water partition coefficient (Wildman–Crippen LogP) is 6.11. The van der Waals surface area contributed by atoms with Gasteiger partial charge in [0, 0.05) is 5.69 Å². The molecule has 202 valence electrons. The molecule has 1 aliphatic rings. The molecule has 0 aliphatic carbocycles. The molecule has 1 heterocycles. The topological polar surface area (TPSA) is 90.9 Å². The predicted molar refractivity (Wildman–Crippen MR) is 162 cm³/mol. The van der Waals surface area contributed by atoms with Gasteiger partial charge in [-0.1, -0.05) is 12.1 Å². The van der Waals surface area contributed by atoms with Crippen LogP contribution in [0.1, 0.15) is 30.4 Å². The van der Waals surface area contributed by atoms with E-state index in [-0.39, 0.29) is 18.6 Å². The summed E-state index contributed by atoms with van der Waals surface area (Å²) >= 11 is -1.10. The average Bonchev–Trinajstić information content (AvgIpc) is 2.93. The molecule has 3 N–H and O–H groups in total. The zero-order valence-electron chi connectivity index (χ0n) is 22.0. The third-order valence-corrected chi connectivity index (χ3v) is 10.2. The Kier molecular flexibility index (Phi) is 10.1. The van der Waals surface area contributed by atoms with Gasteiger partial charge in [0.05, 0.1) is 6.61 Å². The number of ether oxygens (including phenoxy) is 1. The fourth-order valence-corrected chi connectivity index (χ4v) is 7.02. The van der Waals surface area contributed by atoms with Crippen LogP contribution in [0.3, 0.4) is 0 Å². The summed E-state index contributed by atoms with van der Waals surface area (Å²) in [6, 6.07) is 22.9. The van der Waals surface area contributed by atoms with Crippen molar-refractivity contribution in [1.82, 2.24) is 3.11 Å². The molecule has 1 saturated heterocycles. The van der Waals surface area contributed by atoms with Gasteiger partial charge < -0.3 is 10.4 Å². The van der Waals surface area contributed by atoms with Crippen LogP contribution >= 0.6 is 20.1 Å². The van der Waals surface area contributed by atoms with Gasteiger partial charge in [-0.2, -0.15) is 0 Å². The molecule has 8 heteroatoms. The molecule has 3 aromatic carbocycles. The number of carbonyl (C=O) groups excluding carboxylic acids is 2. The summed E-state index contributed by atoms with van der Waals surface area (Å²) in [6.45, 7) is 1.88. The number of aliphatic hydroxyl groups excluding tert-OH is 1. The summed E-state index contributed by atoms with van der Waals surface area (Å²) in [4.78, 5) is 30.1. The van der Waals surface area contributed by atoms with Crippen molar-refractivity contribution in [2.24, 2.45) is 0 Å². The van der Waals surface area contributed by atoms with Gasteiger partial charge in [0.15, 0.2) is 0 Å². The number of halogens is 1. The first kappa shape index (κ1) is 28.1. The number of hydrogen-bond acceptors (Lipinski definition) is 5. The monoisotopic (exact) mass is 629 g/mol. The summed E-state index contributed by atoms with van der Waals surface area (Å²) in [5.41, 5.74) is 5.00. The Balaban J connectivity index is 1.43. The maximum absolute atomic E-state index is 12.9. The number of alkyl halides is 2. The van der Waals surface area contributed by atoms with Crippen molar-refractivity contribution >= 4 is 43.5 Å². The van der Waals surface area contributed by atoms with Crippen LogP contribution in [-0.2, 0) is 22.6 Å². The van der Waals surface area contributed by atoms with Crippen molar-refractivity contribution in [1.29, 1.82) is 0 Å². The van der Waals surface area contributed by atoms with E-state index in [0.717, 1.165) is 48.2 Å². The van der Waals surface area contributed by atoms with Crippen LogP contribution in [-0.4, -0.2) is 49.3 Å². The zero-order valence-corrected chi connectivity index (χ0v) is 24.1. The third-order valence-electron chi connectivity index (χ3n) is 6.55. The molecule has 0 aromatic heterocycles. The number of aryl methyl sites for hydroxylation is 1. The second kappa shape index (κ2) is 13.7. The molecule has 1 atom stereocenters. The second-order valence-electron chi connectivity index (χ2n) is 9.53. The molecule has 7 nitrogen and oxygen atoms in total. The first-order valence-electron chi connectivity index (χ1n) is 12.8. The number of nitrogens with zero attached hydrogens (tertiary/aromatic N) is 1. The van der Waals surface area contributed by atoms with E-state index in [1.54, 1.807) is 24.3 Å². The van der Waals surface area contributed by atoms with Gasteiger partial charge in [0.1, 0.15) is 0 Å². The molecule has 38 heavy (non-hydrogen) atoms. The normalized spacial score (nSPS) is 16.0. The number of amides is 2.